The summed E-state index contributed by atoms with van der Waals surface area (Å²) >= 11 is 1.28. The molecule has 3 heterocycles. The maximum atomic E-state index is 12.7. The Kier molecular flexibility index (Phi) is 3.85. The third-order valence-corrected chi connectivity index (χ3v) is 4.44. The molecule has 0 fully saturated rings. The average Bonchev–Trinajstić information content (AvgIpc) is 3.24. The number of rotatable bonds is 5. The van der Waals surface area contributed by atoms with Crippen LogP contribution in [0.3, 0.4) is 0 Å². The number of aliphatic hydroxyl groups is 1. The van der Waals surface area contributed by atoms with Gasteiger partial charge in [0.05, 0.1) is 16.7 Å². The highest BCUT2D eigenvalue weighted by Crippen LogP contribution is 2.39. The molecule has 0 aliphatic carbocycles. The van der Waals surface area contributed by atoms with Gasteiger partial charge in [0.25, 0.3) is 5.91 Å². The number of amides is 1. The van der Waals surface area contributed by atoms with Crippen molar-refractivity contribution in [3.8, 4) is 0 Å². The van der Waals surface area contributed by atoms with Gasteiger partial charge in [-0.2, -0.15) is 0 Å². The minimum Gasteiger partial charge on any atom is -0.503 e. The Hall–Kier alpha value is -2.34. The lowest BCUT2D eigenvalue weighted by atomic mass is 10.00. The van der Waals surface area contributed by atoms with Crippen LogP contribution in [-0.4, -0.2) is 28.2 Å². The summed E-state index contributed by atoms with van der Waals surface area (Å²) in [5.41, 5.74) is 0.0934. The van der Waals surface area contributed by atoms with E-state index < -0.39 is 17.7 Å². The minimum absolute atomic E-state index is 0.0934. The molecule has 0 saturated heterocycles. The third kappa shape index (κ3) is 2.25. The first-order chi connectivity index (χ1) is 10.6. The predicted octanol–water partition coefficient (Wildman–Crippen LogP) is 3.33. The number of hydrogen-bond acceptors (Lipinski definition) is 5. The average molecular weight is 317 g/mol. The van der Waals surface area contributed by atoms with E-state index in [1.165, 1.54) is 22.5 Å². The standard InChI is InChI=1S/C16H15NO4S/c1-2-7-17-13(10-5-3-8-21-10)12(15(19)16(17)20)14(18)11-6-4-9-22-11/h3-6,8-9,13,19H,2,7H2,1H3. The lowest BCUT2D eigenvalue weighted by molar-refractivity contribution is -0.129. The Morgan fingerprint density at radius 2 is 2.23 bits per heavy atom. The van der Waals surface area contributed by atoms with E-state index in [2.05, 4.69) is 0 Å². The van der Waals surface area contributed by atoms with Crippen LogP contribution in [0.15, 0.2) is 51.7 Å². The van der Waals surface area contributed by atoms with Gasteiger partial charge in [-0.15, -0.1) is 11.3 Å². The van der Waals surface area contributed by atoms with Gasteiger partial charge in [0.15, 0.2) is 5.76 Å². The highest BCUT2D eigenvalue weighted by atomic mass is 32.1. The number of aliphatic hydroxyl groups excluding tert-OH is 1. The summed E-state index contributed by atoms with van der Waals surface area (Å²) in [4.78, 5) is 27.0. The second-order valence-electron chi connectivity index (χ2n) is 4.99. The lowest BCUT2D eigenvalue weighted by Crippen LogP contribution is -2.31. The molecular formula is C16H15NO4S. The summed E-state index contributed by atoms with van der Waals surface area (Å²) in [6, 6.07) is 6.18. The molecule has 0 radical (unpaired) electrons. The van der Waals surface area contributed by atoms with Gasteiger partial charge in [-0.1, -0.05) is 13.0 Å². The quantitative estimate of drug-likeness (QED) is 0.859. The van der Waals surface area contributed by atoms with Crippen molar-refractivity contribution in [1.82, 2.24) is 4.90 Å². The molecule has 22 heavy (non-hydrogen) atoms. The summed E-state index contributed by atoms with van der Waals surface area (Å²) in [5, 5.41) is 12.0. The van der Waals surface area contributed by atoms with Crippen molar-refractivity contribution in [2.45, 2.75) is 19.4 Å². The number of furan rings is 1. The SMILES string of the molecule is CCCN1C(=O)C(O)=C(C(=O)c2cccs2)C1c1ccco1. The van der Waals surface area contributed by atoms with E-state index in [9.17, 15) is 14.7 Å². The number of nitrogens with zero attached hydrogens (tertiary/aromatic N) is 1. The van der Waals surface area contributed by atoms with E-state index in [-0.39, 0.29) is 11.4 Å². The minimum atomic E-state index is -0.669. The maximum Gasteiger partial charge on any atom is 0.290 e. The molecule has 1 N–H and O–H groups in total. The number of Topliss-reactive ketones (excluding diaryl/α,β-unsaturated/α-hetero) is 1. The van der Waals surface area contributed by atoms with Gasteiger partial charge in [-0.3, -0.25) is 9.59 Å². The molecule has 0 bridgehead atoms. The largest absolute Gasteiger partial charge is 0.503 e. The Balaban J connectivity index is 2.08. The van der Waals surface area contributed by atoms with Gasteiger partial charge in [0, 0.05) is 6.54 Å². The smallest absolute Gasteiger partial charge is 0.290 e. The van der Waals surface area contributed by atoms with Gasteiger partial charge in [0.2, 0.25) is 5.78 Å². The van der Waals surface area contributed by atoms with Gasteiger partial charge in [0.1, 0.15) is 11.8 Å². The summed E-state index contributed by atoms with van der Waals surface area (Å²) in [7, 11) is 0. The normalized spacial score (nSPS) is 18.3. The van der Waals surface area contributed by atoms with E-state index in [0.717, 1.165) is 6.42 Å². The molecule has 114 valence electrons. The first-order valence-electron chi connectivity index (χ1n) is 7.00. The summed E-state index contributed by atoms with van der Waals surface area (Å²) in [6.45, 7) is 2.37. The molecule has 6 heteroatoms. The fraction of sp³-hybridized carbons (Fsp3) is 0.250. The molecule has 3 rings (SSSR count). The molecule has 1 aliphatic rings. The van der Waals surface area contributed by atoms with E-state index in [4.69, 9.17) is 4.42 Å². The van der Waals surface area contributed by atoms with Crippen molar-refractivity contribution >= 4 is 23.0 Å². The molecule has 1 aliphatic heterocycles. The zero-order chi connectivity index (χ0) is 15.7. The van der Waals surface area contributed by atoms with Crippen LogP contribution >= 0.6 is 11.3 Å². The van der Waals surface area contributed by atoms with Crippen molar-refractivity contribution in [3.63, 3.8) is 0 Å². The van der Waals surface area contributed by atoms with Gasteiger partial charge >= 0.3 is 0 Å². The highest BCUT2D eigenvalue weighted by Gasteiger charge is 2.44. The highest BCUT2D eigenvalue weighted by molar-refractivity contribution is 7.12. The van der Waals surface area contributed by atoms with Gasteiger partial charge in [-0.25, -0.2) is 0 Å². The van der Waals surface area contributed by atoms with Crippen LogP contribution in [0.2, 0.25) is 0 Å². The van der Waals surface area contributed by atoms with Crippen molar-refractivity contribution in [2.24, 2.45) is 0 Å². The third-order valence-electron chi connectivity index (χ3n) is 3.57. The predicted molar refractivity (Wildman–Crippen MR) is 81.8 cm³/mol. The molecule has 2 aromatic heterocycles. The van der Waals surface area contributed by atoms with Gasteiger partial charge in [-0.05, 0) is 30.0 Å². The summed E-state index contributed by atoms with van der Waals surface area (Å²) < 4.78 is 5.40. The molecule has 0 spiro atoms. The molecule has 1 unspecified atom stereocenters. The number of carbonyl (C=O) groups is 2. The molecular weight excluding hydrogens is 302 g/mol. The molecule has 2 aromatic rings. The lowest BCUT2D eigenvalue weighted by Gasteiger charge is -2.24. The fourth-order valence-electron chi connectivity index (χ4n) is 2.64. The van der Waals surface area contributed by atoms with Crippen molar-refractivity contribution in [1.29, 1.82) is 0 Å². The monoisotopic (exact) mass is 317 g/mol. The molecule has 5 nitrogen and oxygen atoms in total. The number of hydrogen-bond donors (Lipinski definition) is 1. The van der Waals surface area contributed by atoms with E-state index in [1.807, 2.05) is 6.92 Å². The second kappa shape index (κ2) is 5.81. The van der Waals surface area contributed by atoms with Crippen LogP contribution in [0.25, 0.3) is 0 Å². The number of carbonyl (C=O) groups excluding carboxylic acids is 2. The van der Waals surface area contributed by atoms with Crippen LogP contribution in [0, 0.1) is 0 Å². The maximum absolute atomic E-state index is 12.7. The second-order valence-corrected chi connectivity index (χ2v) is 5.93. The molecule has 0 saturated carbocycles. The Morgan fingerprint density at radius 3 is 2.82 bits per heavy atom. The molecule has 0 aromatic carbocycles. The first-order valence-corrected chi connectivity index (χ1v) is 7.88. The van der Waals surface area contributed by atoms with E-state index >= 15 is 0 Å². The van der Waals surface area contributed by atoms with Crippen molar-refractivity contribution < 1.29 is 19.1 Å². The topological polar surface area (TPSA) is 70.8 Å². The number of ketones is 1. The van der Waals surface area contributed by atoms with Crippen LogP contribution in [-0.2, 0) is 4.79 Å². The van der Waals surface area contributed by atoms with E-state index in [0.29, 0.717) is 17.2 Å². The number of thiophene rings is 1. The summed E-state index contributed by atoms with van der Waals surface area (Å²) in [5.74, 6) is -0.858. The zero-order valence-electron chi connectivity index (χ0n) is 12.0. The molecule has 1 amide bonds. The summed E-state index contributed by atoms with van der Waals surface area (Å²) in [6.07, 6.45) is 2.21. The Bertz CT molecular complexity index is 715. The van der Waals surface area contributed by atoms with Gasteiger partial charge < -0.3 is 14.4 Å². The van der Waals surface area contributed by atoms with Crippen LogP contribution in [0.5, 0.6) is 0 Å². The van der Waals surface area contributed by atoms with Crippen molar-refractivity contribution in [3.05, 3.63) is 57.9 Å². The molecule has 1 atom stereocenters. The zero-order valence-corrected chi connectivity index (χ0v) is 12.8. The van der Waals surface area contributed by atoms with Crippen molar-refractivity contribution in [2.75, 3.05) is 6.54 Å². The Labute approximate surface area is 131 Å². The Morgan fingerprint density at radius 1 is 1.41 bits per heavy atom. The first kappa shape index (κ1) is 14.6. The van der Waals surface area contributed by atoms with Crippen LogP contribution < -0.4 is 0 Å². The van der Waals surface area contributed by atoms with Crippen LogP contribution in [0.1, 0.15) is 34.8 Å². The fourth-order valence-corrected chi connectivity index (χ4v) is 3.32. The van der Waals surface area contributed by atoms with E-state index in [1.54, 1.807) is 29.6 Å². The van der Waals surface area contributed by atoms with Crippen LogP contribution in [0.4, 0.5) is 0 Å².